The maximum absolute atomic E-state index is 14.3. The zero-order chi connectivity index (χ0) is 20.7. The van der Waals surface area contributed by atoms with Crippen molar-refractivity contribution in [3.63, 3.8) is 0 Å². The zero-order valence-corrected chi connectivity index (χ0v) is 16.6. The van der Waals surface area contributed by atoms with Gasteiger partial charge in [-0.2, -0.15) is 5.10 Å². The lowest BCUT2D eigenvalue weighted by Crippen LogP contribution is -2.42. The summed E-state index contributed by atoms with van der Waals surface area (Å²) in [4.78, 5) is 29.0. The van der Waals surface area contributed by atoms with Gasteiger partial charge in [0, 0.05) is 26.1 Å². The number of piperidine rings is 1. The number of nitrogens with one attached hydrogen (secondary N) is 1. The molecular formula is C23H23FN4O2. The van der Waals surface area contributed by atoms with Gasteiger partial charge in [0.05, 0.1) is 16.8 Å². The molecule has 2 amide bonds. The van der Waals surface area contributed by atoms with Crippen molar-refractivity contribution in [2.24, 2.45) is 5.92 Å². The maximum atomic E-state index is 14.3. The lowest BCUT2D eigenvalue weighted by molar-refractivity contribution is -0.136. The molecule has 1 N–H and O–H groups in total. The number of benzene rings is 2. The predicted molar refractivity (Wildman–Crippen MR) is 112 cm³/mol. The second kappa shape index (κ2) is 7.55. The summed E-state index contributed by atoms with van der Waals surface area (Å²) >= 11 is 0. The standard InChI is InChI=1S/C23H23FN4O2/c24-18-7-4-8-19-21(18)22(26-25-19)28-14-17(13-20(28)29)23(30)27-11-9-16(10-12-27)15-5-2-1-3-6-15/h1-8,16-17H,9-14H2,(H,25,26)/t17-/m0/s1. The molecule has 0 saturated carbocycles. The van der Waals surface area contributed by atoms with E-state index in [0.717, 1.165) is 12.8 Å². The van der Waals surface area contributed by atoms with E-state index in [1.165, 1.54) is 16.5 Å². The van der Waals surface area contributed by atoms with Crippen LogP contribution in [0.4, 0.5) is 10.2 Å². The number of fused-ring (bicyclic) bond motifs is 1. The smallest absolute Gasteiger partial charge is 0.229 e. The Morgan fingerprint density at radius 2 is 1.83 bits per heavy atom. The quantitative estimate of drug-likeness (QED) is 0.724. The lowest BCUT2D eigenvalue weighted by atomic mass is 9.89. The van der Waals surface area contributed by atoms with Crippen LogP contribution in [0.25, 0.3) is 10.9 Å². The first-order valence-corrected chi connectivity index (χ1v) is 10.4. The van der Waals surface area contributed by atoms with Crippen LogP contribution in [-0.4, -0.2) is 46.5 Å². The first kappa shape index (κ1) is 18.8. The minimum atomic E-state index is -0.429. The molecule has 30 heavy (non-hydrogen) atoms. The number of anilines is 1. The number of halogens is 1. The molecular weight excluding hydrogens is 383 g/mol. The summed E-state index contributed by atoms with van der Waals surface area (Å²) < 4.78 is 14.3. The molecule has 0 radical (unpaired) electrons. The minimum absolute atomic E-state index is 0.0117. The number of hydrogen-bond acceptors (Lipinski definition) is 3. The molecule has 0 spiro atoms. The Hall–Kier alpha value is -3.22. The van der Waals surface area contributed by atoms with E-state index in [-0.39, 0.29) is 30.6 Å². The van der Waals surface area contributed by atoms with Crippen LogP contribution in [-0.2, 0) is 9.59 Å². The van der Waals surface area contributed by atoms with Crippen molar-refractivity contribution in [1.82, 2.24) is 15.1 Å². The van der Waals surface area contributed by atoms with Crippen LogP contribution >= 0.6 is 0 Å². The fourth-order valence-corrected chi connectivity index (χ4v) is 4.70. The molecule has 1 aromatic heterocycles. The lowest BCUT2D eigenvalue weighted by Gasteiger charge is -2.33. The minimum Gasteiger partial charge on any atom is -0.342 e. The normalized spacial score (nSPS) is 20.3. The molecule has 2 saturated heterocycles. The summed E-state index contributed by atoms with van der Waals surface area (Å²) in [5.41, 5.74) is 1.86. The van der Waals surface area contributed by atoms with Gasteiger partial charge in [-0.05, 0) is 36.5 Å². The van der Waals surface area contributed by atoms with Crippen molar-refractivity contribution in [1.29, 1.82) is 0 Å². The topological polar surface area (TPSA) is 69.3 Å². The second-order valence-corrected chi connectivity index (χ2v) is 8.13. The summed E-state index contributed by atoms with van der Waals surface area (Å²) in [5, 5.41) is 7.22. The largest absolute Gasteiger partial charge is 0.342 e. The van der Waals surface area contributed by atoms with E-state index in [0.29, 0.717) is 29.9 Å². The summed E-state index contributed by atoms with van der Waals surface area (Å²) in [6, 6.07) is 15.1. The maximum Gasteiger partial charge on any atom is 0.229 e. The number of carbonyl (C=O) groups excluding carboxylic acids is 2. The Labute approximate surface area is 173 Å². The number of likely N-dealkylation sites (tertiary alicyclic amines) is 1. The molecule has 0 bridgehead atoms. The molecule has 6 nitrogen and oxygen atoms in total. The van der Waals surface area contributed by atoms with Gasteiger partial charge in [0.2, 0.25) is 11.8 Å². The number of rotatable bonds is 3. The van der Waals surface area contributed by atoms with Crippen LogP contribution in [0.5, 0.6) is 0 Å². The molecule has 0 aliphatic carbocycles. The van der Waals surface area contributed by atoms with Crippen LogP contribution in [0.2, 0.25) is 0 Å². The van der Waals surface area contributed by atoms with E-state index >= 15 is 0 Å². The number of carbonyl (C=O) groups is 2. The van der Waals surface area contributed by atoms with E-state index < -0.39 is 11.7 Å². The van der Waals surface area contributed by atoms with Crippen molar-refractivity contribution >= 4 is 28.5 Å². The SMILES string of the molecule is O=C([C@H]1CC(=O)N(c2n[nH]c3cccc(F)c23)C1)N1CCC(c2ccccc2)CC1. The average molecular weight is 406 g/mol. The van der Waals surface area contributed by atoms with Crippen molar-refractivity contribution < 1.29 is 14.0 Å². The molecule has 7 heteroatoms. The highest BCUT2D eigenvalue weighted by Crippen LogP contribution is 2.33. The molecule has 3 heterocycles. The van der Waals surface area contributed by atoms with E-state index in [1.807, 2.05) is 23.1 Å². The molecule has 2 aromatic carbocycles. The van der Waals surface area contributed by atoms with Gasteiger partial charge in [0.15, 0.2) is 5.82 Å². The van der Waals surface area contributed by atoms with E-state index in [2.05, 4.69) is 22.3 Å². The number of aromatic amines is 1. The average Bonchev–Trinajstić information content (AvgIpc) is 3.38. The van der Waals surface area contributed by atoms with Gasteiger partial charge in [-0.3, -0.25) is 19.6 Å². The van der Waals surface area contributed by atoms with Crippen LogP contribution in [0, 0.1) is 11.7 Å². The van der Waals surface area contributed by atoms with Crippen LogP contribution in [0.15, 0.2) is 48.5 Å². The van der Waals surface area contributed by atoms with Crippen molar-refractivity contribution in [3.8, 4) is 0 Å². The molecule has 2 aliphatic rings. The second-order valence-electron chi connectivity index (χ2n) is 8.13. The first-order valence-electron chi connectivity index (χ1n) is 10.4. The summed E-state index contributed by atoms with van der Waals surface area (Å²) in [5.74, 6) is -0.283. The summed E-state index contributed by atoms with van der Waals surface area (Å²) in [6.07, 6.45) is 1.99. The van der Waals surface area contributed by atoms with Gasteiger partial charge in [-0.15, -0.1) is 0 Å². The molecule has 0 unspecified atom stereocenters. The Morgan fingerprint density at radius 3 is 2.60 bits per heavy atom. The van der Waals surface area contributed by atoms with E-state index in [4.69, 9.17) is 0 Å². The molecule has 2 fully saturated rings. The third-order valence-electron chi connectivity index (χ3n) is 6.33. The highest BCUT2D eigenvalue weighted by Gasteiger charge is 2.39. The van der Waals surface area contributed by atoms with Crippen molar-refractivity contribution in [2.75, 3.05) is 24.5 Å². The number of nitrogens with zero attached hydrogens (tertiary/aromatic N) is 3. The molecule has 5 rings (SSSR count). The third kappa shape index (κ3) is 3.24. The molecule has 2 aliphatic heterocycles. The summed E-state index contributed by atoms with van der Waals surface area (Å²) in [6.45, 7) is 1.64. The highest BCUT2D eigenvalue weighted by atomic mass is 19.1. The third-order valence-corrected chi connectivity index (χ3v) is 6.33. The first-order chi connectivity index (χ1) is 14.6. The summed E-state index contributed by atoms with van der Waals surface area (Å²) in [7, 11) is 0. The van der Waals surface area contributed by atoms with Crippen molar-refractivity contribution in [2.45, 2.75) is 25.2 Å². The van der Waals surface area contributed by atoms with Gasteiger partial charge in [0.1, 0.15) is 5.82 Å². The van der Waals surface area contributed by atoms with Crippen LogP contribution in [0.3, 0.4) is 0 Å². The highest BCUT2D eigenvalue weighted by molar-refractivity contribution is 6.05. The number of aromatic nitrogens is 2. The zero-order valence-electron chi connectivity index (χ0n) is 16.6. The molecule has 154 valence electrons. The Kier molecular flexibility index (Phi) is 4.73. The van der Waals surface area contributed by atoms with E-state index in [9.17, 15) is 14.0 Å². The van der Waals surface area contributed by atoms with Gasteiger partial charge >= 0.3 is 0 Å². The molecule has 3 aromatic rings. The Balaban J connectivity index is 1.27. The number of amides is 2. The van der Waals surface area contributed by atoms with Gasteiger partial charge in [0.25, 0.3) is 0 Å². The Morgan fingerprint density at radius 1 is 1.07 bits per heavy atom. The number of H-pyrrole nitrogens is 1. The van der Waals surface area contributed by atoms with Crippen molar-refractivity contribution in [3.05, 3.63) is 59.9 Å². The fraction of sp³-hybridized carbons (Fsp3) is 0.348. The fourth-order valence-electron chi connectivity index (χ4n) is 4.70. The predicted octanol–water partition coefficient (Wildman–Crippen LogP) is 3.46. The molecule has 1 atom stereocenters. The number of hydrogen-bond donors (Lipinski definition) is 1. The van der Waals surface area contributed by atoms with Gasteiger partial charge in [-0.1, -0.05) is 36.4 Å². The van der Waals surface area contributed by atoms with E-state index in [1.54, 1.807) is 12.1 Å². The van der Waals surface area contributed by atoms with Crippen LogP contribution < -0.4 is 4.90 Å². The Bertz CT molecular complexity index is 1090. The van der Waals surface area contributed by atoms with Gasteiger partial charge < -0.3 is 4.90 Å². The monoisotopic (exact) mass is 406 g/mol. The van der Waals surface area contributed by atoms with Gasteiger partial charge in [-0.25, -0.2) is 4.39 Å². The van der Waals surface area contributed by atoms with Crippen LogP contribution in [0.1, 0.15) is 30.7 Å².